The minimum absolute atomic E-state index is 0.115. The smallest absolute Gasteiger partial charge is 0.233 e. The van der Waals surface area contributed by atoms with Crippen LogP contribution in [0.2, 0.25) is 0 Å². The Balaban J connectivity index is 2.35. The number of nitrogens with zero attached hydrogens (tertiary/aromatic N) is 1. The first-order valence-corrected chi connectivity index (χ1v) is 5.83. The molecule has 0 saturated carbocycles. The number of hydrogen-bond donors (Lipinski definition) is 0. The Morgan fingerprint density at radius 2 is 1.53 bits per heavy atom. The van der Waals surface area contributed by atoms with Gasteiger partial charge in [-0.05, 0) is 5.56 Å². The van der Waals surface area contributed by atoms with Crippen LogP contribution in [0.25, 0.3) is 0 Å². The van der Waals surface area contributed by atoms with Crippen LogP contribution in [-0.4, -0.2) is 11.6 Å². The van der Waals surface area contributed by atoms with Crippen LogP contribution in [0.3, 0.4) is 0 Å². The number of carbonyl (C=O) groups is 2. The summed E-state index contributed by atoms with van der Waals surface area (Å²) < 4.78 is 0. The van der Waals surface area contributed by atoms with E-state index in [1.165, 1.54) is 0 Å². The van der Waals surface area contributed by atoms with E-state index in [1.807, 2.05) is 6.07 Å². The van der Waals surface area contributed by atoms with Crippen LogP contribution in [-0.2, 0) is 6.42 Å². The first-order chi connectivity index (χ1) is 9.24. The normalized spacial score (nSPS) is 9.63. The number of benzene rings is 2. The molecule has 92 valence electrons. The molecule has 0 aromatic heterocycles. The van der Waals surface area contributed by atoms with Crippen molar-refractivity contribution < 1.29 is 9.59 Å². The van der Waals surface area contributed by atoms with Crippen molar-refractivity contribution in [1.82, 2.24) is 0 Å². The van der Waals surface area contributed by atoms with Crippen molar-refractivity contribution >= 4 is 11.6 Å². The first kappa shape index (κ1) is 12.7. The van der Waals surface area contributed by atoms with Gasteiger partial charge >= 0.3 is 0 Å². The highest BCUT2D eigenvalue weighted by Gasteiger charge is 2.20. The van der Waals surface area contributed by atoms with Gasteiger partial charge in [0.25, 0.3) is 0 Å². The Kier molecular flexibility index (Phi) is 3.84. The van der Waals surface area contributed by atoms with Crippen LogP contribution < -0.4 is 0 Å². The van der Waals surface area contributed by atoms with Crippen LogP contribution in [0, 0.1) is 11.3 Å². The van der Waals surface area contributed by atoms with Crippen LogP contribution >= 0.6 is 0 Å². The molecule has 0 heterocycles. The fourth-order valence-corrected chi connectivity index (χ4v) is 1.82. The molecule has 2 aromatic carbocycles. The van der Waals surface area contributed by atoms with Crippen molar-refractivity contribution in [2.45, 2.75) is 6.42 Å². The molecule has 0 saturated heterocycles. The van der Waals surface area contributed by atoms with E-state index in [9.17, 15) is 9.59 Å². The van der Waals surface area contributed by atoms with Gasteiger partial charge in [0.05, 0.1) is 12.5 Å². The Morgan fingerprint density at radius 1 is 0.895 bits per heavy atom. The predicted molar refractivity (Wildman–Crippen MR) is 70.9 cm³/mol. The highest BCUT2D eigenvalue weighted by molar-refractivity contribution is 6.49. The molecule has 2 rings (SSSR count). The maximum absolute atomic E-state index is 12.2. The second-order valence-electron chi connectivity index (χ2n) is 4.02. The van der Waals surface area contributed by atoms with Gasteiger partial charge < -0.3 is 0 Å². The molecule has 19 heavy (non-hydrogen) atoms. The van der Waals surface area contributed by atoms with Crippen LogP contribution in [0.4, 0.5) is 0 Å². The maximum Gasteiger partial charge on any atom is 0.233 e. The summed E-state index contributed by atoms with van der Waals surface area (Å²) >= 11 is 0. The van der Waals surface area contributed by atoms with Crippen molar-refractivity contribution in [3.63, 3.8) is 0 Å². The minimum atomic E-state index is -0.572. The monoisotopic (exact) mass is 249 g/mol. The van der Waals surface area contributed by atoms with E-state index in [0.717, 1.165) is 0 Å². The molecule has 0 aliphatic rings. The third-order valence-corrected chi connectivity index (χ3v) is 2.77. The summed E-state index contributed by atoms with van der Waals surface area (Å²) in [6, 6.07) is 17.1. The fraction of sp³-hybridized carbons (Fsp3) is 0.0625. The zero-order chi connectivity index (χ0) is 13.7. The van der Waals surface area contributed by atoms with E-state index in [-0.39, 0.29) is 6.42 Å². The average molecular weight is 249 g/mol. The van der Waals surface area contributed by atoms with Crippen molar-refractivity contribution in [2.75, 3.05) is 0 Å². The first-order valence-electron chi connectivity index (χ1n) is 5.83. The SMILES string of the molecule is N#CCc1ccccc1C(=O)C(=O)c1ccccc1. The van der Waals surface area contributed by atoms with Crippen molar-refractivity contribution in [1.29, 1.82) is 5.26 Å². The van der Waals surface area contributed by atoms with Gasteiger partial charge in [-0.3, -0.25) is 9.59 Å². The number of Topliss-reactive ketones (excluding diaryl/α,β-unsaturated/α-hetero) is 2. The van der Waals surface area contributed by atoms with E-state index in [4.69, 9.17) is 5.26 Å². The van der Waals surface area contributed by atoms with Gasteiger partial charge in [-0.25, -0.2) is 0 Å². The Hall–Kier alpha value is -2.73. The lowest BCUT2D eigenvalue weighted by molar-refractivity contribution is 0.0816. The highest BCUT2D eigenvalue weighted by Crippen LogP contribution is 2.13. The Labute approximate surface area is 111 Å². The Morgan fingerprint density at radius 3 is 2.21 bits per heavy atom. The van der Waals surface area contributed by atoms with Crippen molar-refractivity contribution in [2.24, 2.45) is 0 Å². The molecular formula is C16H11NO2. The molecule has 0 aliphatic heterocycles. The third kappa shape index (κ3) is 2.75. The molecule has 2 aromatic rings. The zero-order valence-corrected chi connectivity index (χ0v) is 10.2. The molecule has 0 N–H and O–H groups in total. The molecule has 0 aliphatic carbocycles. The molecule has 0 amide bonds. The standard InChI is InChI=1S/C16H11NO2/c17-11-10-12-6-4-5-9-14(12)16(19)15(18)13-7-2-1-3-8-13/h1-9H,10H2. The van der Waals surface area contributed by atoms with Crippen molar-refractivity contribution in [3.8, 4) is 6.07 Å². The summed E-state index contributed by atoms with van der Waals surface area (Å²) in [6.45, 7) is 0. The lowest BCUT2D eigenvalue weighted by Gasteiger charge is -2.05. The molecular weight excluding hydrogens is 238 g/mol. The van der Waals surface area contributed by atoms with Gasteiger partial charge in [0.1, 0.15) is 0 Å². The largest absolute Gasteiger partial charge is 0.285 e. The van der Waals surface area contributed by atoms with E-state index in [2.05, 4.69) is 0 Å². The molecule has 0 spiro atoms. The summed E-state index contributed by atoms with van der Waals surface area (Å²) in [5.74, 6) is -1.12. The van der Waals surface area contributed by atoms with Gasteiger partial charge in [0, 0.05) is 11.1 Å². The van der Waals surface area contributed by atoms with Crippen LogP contribution in [0.1, 0.15) is 26.3 Å². The van der Waals surface area contributed by atoms with E-state index in [0.29, 0.717) is 16.7 Å². The molecule has 0 bridgehead atoms. The third-order valence-electron chi connectivity index (χ3n) is 2.77. The average Bonchev–Trinajstić information content (AvgIpc) is 2.47. The highest BCUT2D eigenvalue weighted by atomic mass is 16.2. The second-order valence-corrected chi connectivity index (χ2v) is 4.02. The zero-order valence-electron chi connectivity index (χ0n) is 10.2. The molecule has 3 nitrogen and oxygen atoms in total. The second kappa shape index (κ2) is 5.74. The molecule has 0 fully saturated rings. The lowest BCUT2D eigenvalue weighted by Crippen LogP contribution is -2.16. The number of ketones is 2. The molecule has 0 radical (unpaired) electrons. The van der Waals surface area contributed by atoms with Crippen LogP contribution in [0.15, 0.2) is 54.6 Å². The van der Waals surface area contributed by atoms with Gasteiger partial charge in [-0.15, -0.1) is 0 Å². The van der Waals surface area contributed by atoms with Gasteiger partial charge in [0.15, 0.2) is 0 Å². The summed E-state index contributed by atoms with van der Waals surface area (Å²) in [6.07, 6.45) is 0.115. The lowest BCUT2D eigenvalue weighted by atomic mass is 9.96. The predicted octanol–water partition coefficient (Wildman–Crippen LogP) is 2.82. The number of hydrogen-bond acceptors (Lipinski definition) is 3. The number of nitriles is 1. The van der Waals surface area contributed by atoms with Crippen molar-refractivity contribution in [3.05, 3.63) is 71.3 Å². The van der Waals surface area contributed by atoms with Crippen LogP contribution in [0.5, 0.6) is 0 Å². The summed E-state index contributed by atoms with van der Waals surface area (Å²) in [5.41, 5.74) is 1.25. The minimum Gasteiger partial charge on any atom is -0.285 e. The van der Waals surface area contributed by atoms with E-state index >= 15 is 0 Å². The van der Waals surface area contributed by atoms with Gasteiger partial charge in [-0.1, -0.05) is 54.6 Å². The van der Waals surface area contributed by atoms with E-state index in [1.54, 1.807) is 54.6 Å². The Bertz CT molecular complexity index is 654. The molecule has 0 unspecified atom stereocenters. The van der Waals surface area contributed by atoms with Gasteiger partial charge in [0.2, 0.25) is 11.6 Å². The summed E-state index contributed by atoms with van der Waals surface area (Å²) in [7, 11) is 0. The number of rotatable bonds is 4. The van der Waals surface area contributed by atoms with Gasteiger partial charge in [-0.2, -0.15) is 5.26 Å². The molecule has 3 heteroatoms. The maximum atomic E-state index is 12.2. The van der Waals surface area contributed by atoms with E-state index < -0.39 is 11.6 Å². The topological polar surface area (TPSA) is 57.9 Å². The molecule has 0 atom stereocenters. The summed E-state index contributed by atoms with van der Waals surface area (Å²) in [4.78, 5) is 24.3. The summed E-state index contributed by atoms with van der Waals surface area (Å²) in [5, 5.41) is 8.74. The quantitative estimate of drug-likeness (QED) is 0.618. The fourth-order valence-electron chi connectivity index (χ4n) is 1.82. The number of carbonyl (C=O) groups excluding carboxylic acids is 2.